The fourth-order valence-corrected chi connectivity index (χ4v) is 3.37. The van der Waals surface area contributed by atoms with E-state index in [2.05, 4.69) is 23.1 Å². The van der Waals surface area contributed by atoms with Gasteiger partial charge < -0.3 is 0 Å². The molecule has 3 rings (SSSR count). The van der Waals surface area contributed by atoms with Crippen molar-refractivity contribution in [2.75, 3.05) is 12.1 Å². The third kappa shape index (κ3) is 1.59. The molecule has 17 heavy (non-hydrogen) atoms. The first-order chi connectivity index (χ1) is 8.35. The highest BCUT2D eigenvalue weighted by Gasteiger charge is 2.25. The molecule has 90 valence electrons. The van der Waals surface area contributed by atoms with Gasteiger partial charge in [0.1, 0.15) is 0 Å². The highest BCUT2D eigenvalue weighted by Crippen LogP contribution is 2.40. The van der Waals surface area contributed by atoms with Gasteiger partial charge in [0.05, 0.1) is 5.69 Å². The van der Waals surface area contributed by atoms with Gasteiger partial charge in [-0.1, -0.05) is 12.6 Å². The number of aryl methyl sites for hydroxylation is 2. The van der Waals surface area contributed by atoms with Crippen LogP contribution in [-0.2, 0) is 25.7 Å². The van der Waals surface area contributed by atoms with Crippen LogP contribution >= 0.6 is 0 Å². The van der Waals surface area contributed by atoms with Gasteiger partial charge in [-0.3, -0.25) is 5.01 Å². The van der Waals surface area contributed by atoms with Gasteiger partial charge in [-0.15, -0.1) is 0 Å². The largest absolute Gasteiger partial charge is 0.285 e. The summed E-state index contributed by atoms with van der Waals surface area (Å²) >= 11 is 0. The van der Waals surface area contributed by atoms with E-state index in [0.29, 0.717) is 0 Å². The molecule has 0 saturated carbocycles. The molecular weight excluding hydrogens is 208 g/mol. The van der Waals surface area contributed by atoms with Gasteiger partial charge in [0.15, 0.2) is 0 Å². The van der Waals surface area contributed by atoms with Crippen LogP contribution in [0.4, 0.5) is 5.69 Å². The lowest BCUT2D eigenvalue weighted by Crippen LogP contribution is -2.31. The predicted octanol–water partition coefficient (Wildman–Crippen LogP) is 2.75. The van der Waals surface area contributed by atoms with Crippen molar-refractivity contribution in [2.45, 2.75) is 38.5 Å². The Labute approximate surface area is 103 Å². The first kappa shape index (κ1) is 10.8. The summed E-state index contributed by atoms with van der Waals surface area (Å²) in [5, 5.41) is 2.11. The van der Waals surface area contributed by atoms with Crippen LogP contribution in [0.5, 0.6) is 0 Å². The summed E-state index contributed by atoms with van der Waals surface area (Å²) < 4.78 is 0. The maximum atomic E-state index is 3.92. The zero-order valence-electron chi connectivity index (χ0n) is 10.6. The third-order valence-electron chi connectivity index (χ3n) is 4.11. The van der Waals surface area contributed by atoms with E-state index in [1.165, 1.54) is 44.2 Å². The fourth-order valence-electron chi connectivity index (χ4n) is 3.37. The van der Waals surface area contributed by atoms with Crippen LogP contribution < -0.4 is 10.4 Å². The maximum Gasteiger partial charge on any atom is 0.0639 e. The smallest absolute Gasteiger partial charge is 0.0639 e. The highest BCUT2D eigenvalue weighted by atomic mass is 15.5. The van der Waals surface area contributed by atoms with Crippen molar-refractivity contribution < 1.29 is 0 Å². The average molecular weight is 228 g/mol. The Balaban J connectivity index is 2.20. The van der Waals surface area contributed by atoms with Gasteiger partial charge in [-0.2, -0.15) is 0 Å². The molecule has 2 aliphatic rings. The number of anilines is 1. The molecule has 2 aliphatic carbocycles. The predicted molar refractivity (Wildman–Crippen MR) is 72.2 cm³/mol. The summed E-state index contributed by atoms with van der Waals surface area (Å²) in [5.74, 6) is 0. The van der Waals surface area contributed by atoms with Crippen molar-refractivity contribution in [2.24, 2.45) is 0 Å². The maximum absolute atomic E-state index is 3.92. The first-order valence-corrected chi connectivity index (χ1v) is 6.61. The van der Waals surface area contributed by atoms with Gasteiger partial charge in [0.25, 0.3) is 0 Å². The van der Waals surface area contributed by atoms with Crippen molar-refractivity contribution in [1.29, 1.82) is 0 Å². The van der Waals surface area contributed by atoms with Gasteiger partial charge >= 0.3 is 0 Å². The van der Waals surface area contributed by atoms with Gasteiger partial charge in [0.2, 0.25) is 0 Å². The molecular formula is C15H20N2. The van der Waals surface area contributed by atoms with Crippen molar-refractivity contribution in [3.8, 4) is 0 Å². The lowest BCUT2D eigenvalue weighted by molar-refractivity contribution is 0.810. The number of benzene rings is 1. The van der Waals surface area contributed by atoms with Gasteiger partial charge in [0, 0.05) is 13.2 Å². The minimum atomic E-state index is 1.23. The average Bonchev–Trinajstić information content (AvgIpc) is 2.96. The Morgan fingerprint density at radius 2 is 1.71 bits per heavy atom. The minimum Gasteiger partial charge on any atom is -0.285 e. The molecule has 0 saturated heterocycles. The summed E-state index contributed by atoms with van der Waals surface area (Å²) in [5.41, 5.74) is 10.9. The number of fused-ring (bicyclic) bond motifs is 2. The van der Waals surface area contributed by atoms with E-state index < -0.39 is 0 Å². The zero-order chi connectivity index (χ0) is 11.8. The molecule has 1 aromatic carbocycles. The van der Waals surface area contributed by atoms with Crippen LogP contribution in [0.15, 0.2) is 18.8 Å². The van der Waals surface area contributed by atoms with Gasteiger partial charge in [-0.25, -0.2) is 5.43 Å². The summed E-state index contributed by atoms with van der Waals surface area (Å²) in [4.78, 5) is 0. The zero-order valence-corrected chi connectivity index (χ0v) is 10.6. The van der Waals surface area contributed by atoms with Crippen molar-refractivity contribution in [3.63, 3.8) is 0 Å². The first-order valence-electron chi connectivity index (χ1n) is 6.61. The van der Waals surface area contributed by atoms with Crippen LogP contribution in [0, 0.1) is 0 Å². The molecule has 0 amide bonds. The number of hydrazine groups is 1. The van der Waals surface area contributed by atoms with Crippen LogP contribution in [0.2, 0.25) is 0 Å². The standard InChI is InChI=1S/C15H20N2/c1-3-17(16-2)15-13-8-4-6-11(13)10-12-7-5-9-14(12)15/h3,10,16H,1,4-9H2,2H3. The molecule has 1 N–H and O–H groups in total. The lowest BCUT2D eigenvalue weighted by Gasteiger charge is -2.25. The SMILES string of the molecule is C=CN(NC)c1c2c(cc3c1CCC3)CCC2. The fraction of sp³-hybridized carbons (Fsp3) is 0.467. The molecule has 0 spiro atoms. The summed E-state index contributed by atoms with van der Waals surface area (Å²) in [7, 11) is 1.97. The molecule has 2 nitrogen and oxygen atoms in total. The Morgan fingerprint density at radius 1 is 1.12 bits per heavy atom. The number of nitrogens with zero attached hydrogens (tertiary/aromatic N) is 1. The molecule has 1 aromatic rings. The second kappa shape index (κ2) is 4.19. The lowest BCUT2D eigenvalue weighted by atomic mass is 9.98. The summed E-state index contributed by atoms with van der Waals surface area (Å²) in [6.07, 6.45) is 9.47. The van der Waals surface area contributed by atoms with Crippen molar-refractivity contribution in [3.05, 3.63) is 41.1 Å². The second-order valence-corrected chi connectivity index (χ2v) is 4.98. The van der Waals surface area contributed by atoms with Crippen molar-refractivity contribution >= 4 is 5.69 Å². The minimum absolute atomic E-state index is 1.23. The molecule has 0 atom stereocenters. The topological polar surface area (TPSA) is 15.3 Å². The van der Waals surface area contributed by atoms with Crippen LogP contribution in [0.1, 0.15) is 35.1 Å². The molecule has 0 heterocycles. The second-order valence-electron chi connectivity index (χ2n) is 4.98. The number of hydrogen-bond acceptors (Lipinski definition) is 2. The third-order valence-corrected chi connectivity index (χ3v) is 4.11. The highest BCUT2D eigenvalue weighted by molar-refractivity contribution is 5.67. The van der Waals surface area contributed by atoms with E-state index in [-0.39, 0.29) is 0 Å². The Bertz CT molecular complexity index is 430. The van der Waals surface area contributed by atoms with Crippen LogP contribution in [0.25, 0.3) is 0 Å². The van der Waals surface area contributed by atoms with Gasteiger partial charge in [-0.05, 0) is 60.8 Å². The monoisotopic (exact) mass is 228 g/mol. The van der Waals surface area contributed by atoms with Crippen molar-refractivity contribution in [1.82, 2.24) is 5.43 Å². The number of rotatable bonds is 3. The Kier molecular flexibility index (Phi) is 2.67. The van der Waals surface area contributed by atoms with E-state index in [9.17, 15) is 0 Å². The van der Waals surface area contributed by atoms with Crippen LogP contribution in [0.3, 0.4) is 0 Å². The quantitative estimate of drug-likeness (QED) is 0.800. The van der Waals surface area contributed by atoms with E-state index in [1.54, 1.807) is 22.3 Å². The molecule has 0 unspecified atom stereocenters. The molecule has 2 heteroatoms. The summed E-state index contributed by atoms with van der Waals surface area (Å²) in [6.45, 7) is 3.92. The molecule has 0 bridgehead atoms. The molecule has 0 aliphatic heterocycles. The Morgan fingerprint density at radius 3 is 2.18 bits per heavy atom. The normalized spacial score (nSPS) is 16.8. The summed E-state index contributed by atoms with van der Waals surface area (Å²) in [6, 6.07) is 2.46. The molecule has 0 aromatic heterocycles. The van der Waals surface area contributed by atoms with E-state index in [0.717, 1.165) is 0 Å². The van der Waals surface area contributed by atoms with E-state index in [1.807, 2.05) is 13.2 Å². The number of hydrogen-bond donors (Lipinski definition) is 1. The van der Waals surface area contributed by atoms with Crippen LogP contribution in [-0.4, -0.2) is 7.05 Å². The molecule has 0 radical (unpaired) electrons. The Hall–Kier alpha value is -1.28. The molecule has 0 fully saturated rings. The van der Waals surface area contributed by atoms with E-state index in [4.69, 9.17) is 0 Å². The van der Waals surface area contributed by atoms with E-state index >= 15 is 0 Å². The number of nitrogens with one attached hydrogen (secondary N) is 1.